The molecule has 2 heteroatoms. The molecule has 88 valence electrons. The van der Waals surface area contributed by atoms with Crippen LogP contribution in [0.2, 0.25) is 0 Å². The molecule has 0 spiro atoms. The number of benzene rings is 1. The molecule has 0 saturated carbocycles. The highest BCUT2D eigenvalue weighted by molar-refractivity contribution is 5.21. The van der Waals surface area contributed by atoms with Gasteiger partial charge in [-0.25, -0.2) is 0 Å². The minimum Gasteiger partial charge on any atom is -0.328 e. The molecule has 2 nitrogen and oxygen atoms in total. The van der Waals surface area contributed by atoms with E-state index in [-0.39, 0.29) is 0 Å². The van der Waals surface area contributed by atoms with E-state index in [0.717, 1.165) is 6.42 Å². The van der Waals surface area contributed by atoms with Gasteiger partial charge in [-0.15, -0.1) is 0 Å². The van der Waals surface area contributed by atoms with Crippen LogP contribution in [0.1, 0.15) is 18.1 Å². The summed E-state index contributed by atoms with van der Waals surface area (Å²) in [5.74, 6) is 0. The second-order valence-electron chi connectivity index (χ2n) is 5.05. The lowest BCUT2D eigenvalue weighted by Gasteiger charge is -2.27. The molecule has 0 atom stereocenters. The quantitative estimate of drug-likeness (QED) is 0.657. The van der Waals surface area contributed by atoms with Crippen molar-refractivity contribution in [2.24, 2.45) is 0 Å². The maximum atomic E-state index is 2.30. The van der Waals surface area contributed by atoms with Gasteiger partial charge in [-0.2, -0.15) is 0 Å². The number of hydrogen-bond donors (Lipinski definition) is 2. The molecule has 0 aromatic heterocycles. The summed E-state index contributed by atoms with van der Waals surface area (Å²) in [5, 5.41) is 0. The zero-order chi connectivity index (χ0) is 11.4. The first-order chi connectivity index (χ1) is 7.78. The van der Waals surface area contributed by atoms with Crippen molar-refractivity contribution in [2.75, 3.05) is 33.2 Å². The number of aryl methyl sites for hydroxylation is 1. The number of nitrogens with one attached hydrogen (secondary N) is 2. The van der Waals surface area contributed by atoms with Crippen LogP contribution in [0.4, 0.5) is 0 Å². The molecule has 16 heavy (non-hydrogen) atoms. The van der Waals surface area contributed by atoms with Crippen molar-refractivity contribution in [3.8, 4) is 0 Å². The molecule has 0 bridgehead atoms. The summed E-state index contributed by atoms with van der Waals surface area (Å²) < 4.78 is 0. The molecule has 1 aliphatic rings. The van der Waals surface area contributed by atoms with Crippen molar-refractivity contribution >= 4 is 0 Å². The van der Waals surface area contributed by atoms with Gasteiger partial charge in [-0.3, -0.25) is 0 Å². The Bertz CT molecular complexity index is 310. The van der Waals surface area contributed by atoms with E-state index < -0.39 is 0 Å². The highest BCUT2D eigenvalue weighted by Crippen LogP contribution is 2.03. The Morgan fingerprint density at radius 2 is 1.50 bits per heavy atom. The van der Waals surface area contributed by atoms with Gasteiger partial charge in [0.2, 0.25) is 0 Å². The average Bonchev–Trinajstić information content (AvgIpc) is 2.33. The van der Waals surface area contributed by atoms with Crippen LogP contribution in [0.25, 0.3) is 0 Å². The zero-order valence-corrected chi connectivity index (χ0v) is 10.6. The van der Waals surface area contributed by atoms with Crippen LogP contribution in [0.15, 0.2) is 24.3 Å². The van der Waals surface area contributed by atoms with Crippen LogP contribution >= 0.6 is 0 Å². The van der Waals surface area contributed by atoms with E-state index in [0.29, 0.717) is 0 Å². The van der Waals surface area contributed by atoms with Crippen LogP contribution < -0.4 is 9.80 Å². The smallest absolute Gasteiger partial charge is 0.127 e. The number of hydrogen-bond acceptors (Lipinski definition) is 0. The van der Waals surface area contributed by atoms with Gasteiger partial charge < -0.3 is 9.80 Å². The maximum absolute atomic E-state index is 2.30. The van der Waals surface area contributed by atoms with Crippen molar-refractivity contribution < 1.29 is 9.80 Å². The van der Waals surface area contributed by atoms with Crippen LogP contribution in [-0.2, 0) is 13.0 Å². The van der Waals surface area contributed by atoms with Gasteiger partial charge in [0.15, 0.2) is 0 Å². The lowest BCUT2D eigenvalue weighted by atomic mass is 10.1. The first-order valence-corrected chi connectivity index (χ1v) is 6.50. The SMILES string of the molecule is CCc1ccc(C[NH+]2CC[NH+](C)CC2)cc1. The van der Waals surface area contributed by atoms with Crippen LogP contribution in [0, 0.1) is 0 Å². The van der Waals surface area contributed by atoms with Gasteiger partial charge in [0.25, 0.3) is 0 Å². The molecule has 2 rings (SSSR count). The third kappa shape index (κ3) is 3.06. The van der Waals surface area contributed by atoms with Gasteiger partial charge in [0, 0.05) is 5.56 Å². The third-order valence-corrected chi connectivity index (χ3v) is 3.70. The van der Waals surface area contributed by atoms with Gasteiger partial charge in [-0.1, -0.05) is 31.2 Å². The summed E-state index contributed by atoms with van der Waals surface area (Å²) in [6, 6.07) is 9.15. The number of quaternary nitrogens is 2. The molecule has 1 saturated heterocycles. The van der Waals surface area contributed by atoms with Gasteiger partial charge >= 0.3 is 0 Å². The Morgan fingerprint density at radius 1 is 0.938 bits per heavy atom. The molecule has 1 aromatic rings. The molecule has 0 aliphatic carbocycles. The summed E-state index contributed by atoms with van der Waals surface area (Å²) in [4.78, 5) is 3.43. The molecule has 0 unspecified atom stereocenters. The Balaban J connectivity index is 1.88. The lowest BCUT2D eigenvalue weighted by Crippen LogP contribution is -3.26. The fourth-order valence-electron chi connectivity index (χ4n) is 2.39. The van der Waals surface area contributed by atoms with E-state index in [4.69, 9.17) is 0 Å². The van der Waals surface area contributed by atoms with E-state index in [2.05, 4.69) is 38.2 Å². The average molecular weight is 220 g/mol. The third-order valence-electron chi connectivity index (χ3n) is 3.70. The lowest BCUT2D eigenvalue weighted by molar-refractivity contribution is -1.01. The summed E-state index contributed by atoms with van der Waals surface area (Å²) in [6.07, 6.45) is 1.14. The predicted molar refractivity (Wildman–Crippen MR) is 66.8 cm³/mol. The Hall–Kier alpha value is -0.860. The van der Waals surface area contributed by atoms with Crippen LogP contribution in [0.5, 0.6) is 0 Å². The predicted octanol–water partition coefficient (Wildman–Crippen LogP) is -0.838. The van der Waals surface area contributed by atoms with Gasteiger partial charge in [-0.05, 0) is 12.0 Å². The van der Waals surface area contributed by atoms with Crippen molar-refractivity contribution in [2.45, 2.75) is 19.9 Å². The molecule has 0 amide bonds. The molecule has 1 aliphatic heterocycles. The summed E-state index contributed by atoms with van der Waals surface area (Å²) >= 11 is 0. The molecule has 1 fully saturated rings. The highest BCUT2D eigenvalue weighted by Gasteiger charge is 2.19. The summed E-state index contributed by atoms with van der Waals surface area (Å²) in [5.41, 5.74) is 2.94. The highest BCUT2D eigenvalue weighted by atomic mass is 15.2. The van der Waals surface area contributed by atoms with E-state index in [1.807, 2.05) is 0 Å². The Labute approximate surface area is 98.9 Å². The molecule has 2 N–H and O–H groups in total. The van der Waals surface area contributed by atoms with Crippen molar-refractivity contribution in [3.05, 3.63) is 35.4 Å². The van der Waals surface area contributed by atoms with Crippen molar-refractivity contribution in [3.63, 3.8) is 0 Å². The Morgan fingerprint density at radius 3 is 2.06 bits per heavy atom. The fraction of sp³-hybridized carbons (Fsp3) is 0.571. The van der Waals surface area contributed by atoms with Gasteiger partial charge in [0.1, 0.15) is 32.7 Å². The second kappa shape index (κ2) is 5.46. The number of likely N-dealkylation sites (N-methyl/N-ethyl adjacent to an activating group) is 1. The standard InChI is InChI=1S/C14H22N2/c1-3-13-4-6-14(7-5-13)12-16-10-8-15(2)9-11-16/h4-7H,3,8-12H2,1-2H3/p+2. The van der Waals surface area contributed by atoms with Crippen LogP contribution in [-0.4, -0.2) is 33.2 Å². The second-order valence-corrected chi connectivity index (χ2v) is 5.05. The largest absolute Gasteiger partial charge is 0.328 e. The monoisotopic (exact) mass is 220 g/mol. The van der Waals surface area contributed by atoms with E-state index in [9.17, 15) is 0 Å². The minimum atomic E-state index is 1.14. The van der Waals surface area contributed by atoms with Crippen molar-refractivity contribution in [1.29, 1.82) is 0 Å². The fourth-order valence-corrected chi connectivity index (χ4v) is 2.39. The van der Waals surface area contributed by atoms with Gasteiger partial charge in [0.05, 0.1) is 7.05 Å². The summed E-state index contributed by atoms with van der Waals surface area (Å²) in [6.45, 7) is 8.70. The molecule has 1 heterocycles. The van der Waals surface area contributed by atoms with Crippen LogP contribution in [0.3, 0.4) is 0 Å². The minimum absolute atomic E-state index is 1.14. The molecular formula is C14H24N2+2. The molecule has 0 radical (unpaired) electrons. The Kier molecular flexibility index (Phi) is 3.97. The molecule has 1 aromatic carbocycles. The summed E-state index contributed by atoms with van der Waals surface area (Å²) in [7, 11) is 2.30. The van der Waals surface area contributed by atoms with Crippen molar-refractivity contribution in [1.82, 2.24) is 0 Å². The topological polar surface area (TPSA) is 8.88 Å². The maximum Gasteiger partial charge on any atom is 0.127 e. The first-order valence-electron chi connectivity index (χ1n) is 6.50. The number of piperazine rings is 1. The van der Waals surface area contributed by atoms with E-state index in [1.54, 1.807) is 9.80 Å². The van der Waals surface area contributed by atoms with E-state index in [1.165, 1.54) is 43.9 Å². The zero-order valence-electron chi connectivity index (χ0n) is 10.6. The number of rotatable bonds is 3. The van der Waals surface area contributed by atoms with E-state index >= 15 is 0 Å². The first kappa shape index (κ1) is 11.6. The molecular weight excluding hydrogens is 196 g/mol. The normalized spacial score (nSPS) is 25.6.